The van der Waals surface area contributed by atoms with Gasteiger partial charge in [-0.3, -0.25) is 4.79 Å². The molecule has 0 spiro atoms. The van der Waals surface area contributed by atoms with Crippen molar-refractivity contribution in [3.05, 3.63) is 30.7 Å². The molecule has 0 saturated heterocycles. The van der Waals surface area contributed by atoms with E-state index in [4.69, 9.17) is 5.11 Å². The van der Waals surface area contributed by atoms with E-state index >= 15 is 0 Å². The number of anilines is 1. The maximum absolute atomic E-state index is 10.3. The molecule has 2 aromatic heterocycles. The van der Waals surface area contributed by atoms with Crippen molar-refractivity contribution in [2.24, 2.45) is 0 Å². The first-order valence-corrected chi connectivity index (χ1v) is 5.17. The highest BCUT2D eigenvalue weighted by Gasteiger charge is 2.01. The van der Waals surface area contributed by atoms with Gasteiger partial charge in [-0.15, -0.1) is 0 Å². The Balaban J connectivity index is 1.96. The molecule has 6 nitrogen and oxygen atoms in total. The van der Waals surface area contributed by atoms with E-state index in [1.807, 2.05) is 18.3 Å². The fourth-order valence-corrected chi connectivity index (χ4v) is 1.35. The maximum atomic E-state index is 10.3. The first-order chi connectivity index (χ1) is 8.25. The molecule has 0 aliphatic heterocycles. The quantitative estimate of drug-likeness (QED) is 0.724. The van der Waals surface area contributed by atoms with Crippen LogP contribution in [0.4, 0.5) is 5.95 Å². The van der Waals surface area contributed by atoms with E-state index in [1.54, 1.807) is 12.4 Å². The minimum Gasteiger partial charge on any atom is -0.481 e. The second-order valence-electron chi connectivity index (χ2n) is 3.45. The number of rotatable bonds is 5. The lowest BCUT2D eigenvalue weighted by Gasteiger charge is -2.03. The third kappa shape index (κ3) is 3.04. The van der Waals surface area contributed by atoms with Gasteiger partial charge in [-0.2, -0.15) is 0 Å². The molecule has 0 bridgehead atoms. The Morgan fingerprint density at radius 2 is 2.18 bits per heavy atom. The van der Waals surface area contributed by atoms with Gasteiger partial charge in [0.05, 0.1) is 6.42 Å². The Hall–Kier alpha value is -2.37. The molecule has 88 valence electrons. The zero-order valence-electron chi connectivity index (χ0n) is 9.05. The average Bonchev–Trinajstić information content (AvgIpc) is 2.83. The minimum atomic E-state index is -0.847. The van der Waals surface area contributed by atoms with Crippen LogP contribution in [0, 0.1) is 0 Å². The Morgan fingerprint density at radius 1 is 1.41 bits per heavy atom. The molecule has 17 heavy (non-hydrogen) atoms. The van der Waals surface area contributed by atoms with E-state index in [2.05, 4.69) is 20.3 Å². The van der Waals surface area contributed by atoms with E-state index in [-0.39, 0.29) is 6.42 Å². The fraction of sp³-hybridized carbons (Fsp3) is 0.182. The predicted molar refractivity (Wildman–Crippen MR) is 62.6 cm³/mol. The summed E-state index contributed by atoms with van der Waals surface area (Å²) < 4.78 is 0. The highest BCUT2D eigenvalue weighted by Crippen LogP contribution is 2.14. The smallest absolute Gasteiger partial charge is 0.305 e. The van der Waals surface area contributed by atoms with Gasteiger partial charge in [0.25, 0.3) is 0 Å². The number of H-pyrrole nitrogens is 1. The number of carboxylic acid groups (broad SMARTS) is 1. The average molecular weight is 232 g/mol. The maximum Gasteiger partial charge on any atom is 0.305 e. The fourth-order valence-electron chi connectivity index (χ4n) is 1.35. The van der Waals surface area contributed by atoms with Gasteiger partial charge in [0.15, 0.2) is 0 Å². The second-order valence-corrected chi connectivity index (χ2v) is 3.45. The summed E-state index contributed by atoms with van der Waals surface area (Å²) >= 11 is 0. The van der Waals surface area contributed by atoms with Crippen LogP contribution in [0.15, 0.2) is 30.7 Å². The Bertz CT molecular complexity index is 479. The zero-order valence-corrected chi connectivity index (χ0v) is 9.05. The molecular weight excluding hydrogens is 220 g/mol. The van der Waals surface area contributed by atoms with Crippen LogP contribution in [0.5, 0.6) is 0 Å². The van der Waals surface area contributed by atoms with Gasteiger partial charge in [-0.05, 0) is 12.1 Å². The Kier molecular flexibility index (Phi) is 3.34. The largest absolute Gasteiger partial charge is 0.481 e. The first-order valence-electron chi connectivity index (χ1n) is 5.17. The molecule has 0 atom stereocenters. The van der Waals surface area contributed by atoms with E-state index in [0.717, 1.165) is 11.3 Å². The van der Waals surface area contributed by atoms with Crippen LogP contribution in [-0.2, 0) is 4.79 Å². The number of aliphatic carboxylic acids is 1. The summed E-state index contributed by atoms with van der Waals surface area (Å²) in [6.07, 6.45) is 5.24. The predicted octanol–water partition coefficient (Wildman–Crippen LogP) is 1.36. The molecule has 0 radical (unpaired) electrons. The lowest BCUT2D eigenvalue weighted by Crippen LogP contribution is -2.09. The summed E-state index contributed by atoms with van der Waals surface area (Å²) in [5, 5.41) is 11.3. The van der Waals surface area contributed by atoms with Gasteiger partial charge in [0.1, 0.15) is 0 Å². The van der Waals surface area contributed by atoms with E-state index < -0.39 is 5.97 Å². The van der Waals surface area contributed by atoms with Crippen LogP contribution < -0.4 is 5.32 Å². The molecule has 0 aliphatic rings. The van der Waals surface area contributed by atoms with Crippen LogP contribution in [0.2, 0.25) is 0 Å². The van der Waals surface area contributed by atoms with Gasteiger partial charge in [0, 0.05) is 36.4 Å². The lowest BCUT2D eigenvalue weighted by atomic mass is 10.2. The van der Waals surface area contributed by atoms with Gasteiger partial charge in [0.2, 0.25) is 5.95 Å². The SMILES string of the molecule is O=C(O)CCNc1ncc(-c2ccc[nH]2)cn1. The van der Waals surface area contributed by atoms with Crippen molar-refractivity contribution in [2.45, 2.75) is 6.42 Å². The molecule has 0 fully saturated rings. The zero-order chi connectivity index (χ0) is 12.1. The molecule has 0 aliphatic carbocycles. The molecule has 0 amide bonds. The monoisotopic (exact) mass is 232 g/mol. The lowest BCUT2D eigenvalue weighted by molar-refractivity contribution is -0.136. The van der Waals surface area contributed by atoms with Crippen molar-refractivity contribution < 1.29 is 9.90 Å². The van der Waals surface area contributed by atoms with Crippen LogP contribution in [0.1, 0.15) is 6.42 Å². The summed E-state index contributed by atoms with van der Waals surface area (Å²) in [6.45, 7) is 0.317. The highest BCUT2D eigenvalue weighted by molar-refractivity contribution is 5.67. The third-order valence-electron chi connectivity index (χ3n) is 2.18. The molecule has 0 aromatic carbocycles. The summed E-state index contributed by atoms with van der Waals surface area (Å²) in [6, 6.07) is 3.82. The molecule has 3 N–H and O–H groups in total. The summed E-state index contributed by atoms with van der Waals surface area (Å²) in [5.41, 5.74) is 1.83. The standard InChI is InChI=1S/C11H12N4O2/c16-10(17)3-5-13-11-14-6-8(7-15-11)9-2-1-4-12-9/h1-2,4,6-7,12H,3,5H2,(H,16,17)(H,13,14,15). The molecular formula is C11H12N4O2. The number of aromatic amines is 1. The van der Waals surface area contributed by atoms with Crippen molar-refractivity contribution in [1.29, 1.82) is 0 Å². The normalized spacial score (nSPS) is 10.1. The topological polar surface area (TPSA) is 90.9 Å². The van der Waals surface area contributed by atoms with Gasteiger partial charge in [-0.1, -0.05) is 0 Å². The number of aromatic nitrogens is 3. The van der Waals surface area contributed by atoms with Crippen molar-refractivity contribution in [1.82, 2.24) is 15.0 Å². The minimum absolute atomic E-state index is 0.0434. The van der Waals surface area contributed by atoms with Crippen molar-refractivity contribution in [3.63, 3.8) is 0 Å². The van der Waals surface area contributed by atoms with Crippen LogP contribution in [-0.4, -0.2) is 32.6 Å². The van der Waals surface area contributed by atoms with Gasteiger partial charge in [-0.25, -0.2) is 9.97 Å². The van der Waals surface area contributed by atoms with Crippen molar-refractivity contribution >= 4 is 11.9 Å². The van der Waals surface area contributed by atoms with Crippen molar-refractivity contribution in [3.8, 4) is 11.3 Å². The number of nitrogens with one attached hydrogen (secondary N) is 2. The second kappa shape index (κ2) is 5.11. The number of nitrogens with zero attached hydrogens (tertiary/aromatic N) is 2. The highest BCUT2D eigenvalue weighted by atomic mass is 16.4. The molecule has 2 aromatic rings. The van der Waals surface area contributed by atoms with Crippen LogP contribution in [0.25, 0.3) is 11.3 Å². The number of carboxylic acids is 1. The van der Waals surface area contributed by atoms with Crippen LogP contribution in [0.3, 0.4) is 0 Å². The number of hydrogen-bond donors (Lipinski definition) is 3. The Morgan fingerprint density at radius 3 is 2.76 bits per heavy atom. The van der Waals surface area contributed by atoms with E-state index in [1.165, 1.54) is 0 Å². The molecule has 6 heteroatoms. The molecule has 2 rings (SSSR count). The summed E-state index contributed by atoms with van der Waals surface area (Å²) in [7, 11) is 0. The van der Waals surface area contributed by atoms with E-state index in [0.29, 0.717) is 12.5 Å². The molecule has 0 saturated carbocycles. The summed E-state index contributed by atoms with van der Waals surface area (Å²) in [4.78, 5) is 21.6. The summed E-state index contributed by atoms with van der Waals surface area (Å²) in [5.74, 6) is -0.415. The molecule has 0 unspecified atom stereocenters. The van der Waals surface area contributed by atoms with Gasteiger partial charge < -0.3 is 15.4 Å². The number of carbonyl (C=O) groups is 1. The molecule has 2 heterocycles. The third-order valence-corrected chi connectivity index (χ3v) is 2.18. The first kappa shape index (κ1) is 11.1. The van der Waals surface area contributed by atoms with E-state index in [9.17, 15) is 4.79 Å². The van der Waals surface area contributed by atoms with Crippen molar-refractivity contribution in [2.75, 3.05) is 11.9 Å². The number of hydrogen-bond acceptors (Lipinski definition) is 4. The van der Waals surface area contributed by atoms with Gasteiger partial charge >= 0.3 is 5.97 Å². The Labute approximate surface area is 97.7 Å². The van der Waals surface area contributed by atoms with Crippen LogP contribution >= 0.6 is 0 Å².